The maximum absolute atomic E-state index is 11.0. The van der Waals surface area contributed by atoms with Crippen LogP contribution in [0.5, 0.6) is 0 Å². The van der Waals surface area contributed by atoms with Crippen molar-refractivity contribution in [2.24, 2.45) is 0 Å². The van der Waals surface area contributed by atoms with Gasteiger partial charge < -0.3 is 19.9 Å². The number of amides is 1. The molecule has 0 radical (unpaired) electrons. The molecule has 0 saturated heterocycles. The van der Waals surface area contributed by atoms with Crippen molar-refractivity contribution < 1.29 is 24.2 Å². The molecule has 0 aliphatic rings. The fourth-order valence-corrected chi connectivity index (χ4v) is 0.782. The summed E-state index contributed by atoms with van der Waals surface area (Å²) in [6.07, 6.45) is 0.870. The summed E-state index contributed by atoms with van der Waals surface area (Å²) in [6.45, 7) is 2.68. The van der Waals surface area contributed by atoms with Gasteiger partial charge in [-0.2, -0.15) is 0 Å². The van der Waals surface area contributed by atoms with Crippen LogP contribution in [0.15, 0.2) is 0 Å². The molecule has 0 rings (SSSR count). The maximum Gasteiger partial charge on any atom is 0.329 e. The van der Waals surface area contributed by atoms with Crippen molar-refractivity contribution in [3.63, 3.8) is 0 Å². The van der Waals surface area contributed by atoms with Gasteiger partial charge in [0.15, 0.2) is 0 Å². The van der Waals surface area contributed by atoms with Crippen LogP contribution in [0.3, 0.4) is 0 Å². The Morgan fingerprint density at radius 3 is 2.47 bits per heavy atom. The molecule has 0 atom stereocenters. The van der Waals surface area contributed by atoms with Crippen LogP contribution in [0.1, 0.15) is 13.3 Å². The molecule has 0 spiro atoms. The molecule has 0 bridgehead atoms. The molecule has 0 aromatic rings. The molecule has 2 N–H and O–H groups in total. The Bertz CT molecular complexity index is 195. The Kier molecular flexibility index (Phi) is 8.70. The number of carbonyl (C=O) groups is 2. The van der Waals surface area contributed by atoms with E-state index < -0.39 is 5.97 Å². The standard InChI is InChI=1S/C9H17NO5/c1-2-4-14-6-8(11)10-3-5-15-7-9(12)13/h2-7H2,1H3,(H,10,11)(H,12,13). The van der Waals surface area contributed by atoms with E-state index in [1.807, 2.05) is 6.92 Å². The van der Waals surface area contributed by atoms with Crippen LogP contribution < -0.4 is 5.32 Å². The number of hydrogen-bond acceptors (Lipinski definition) is 4. The van der Waals surface area contributed by atoms with Gasteiger partial charge in [0, 0.05) is 13.2 Å². The topological polar surface area (TPSA) is 84.9 Å². The smallest absolute Gasteiger partial charge is 0.329 e. The molecule has 0 unspecified atom stereocenters. The summed E-state index contributed by atoms with van der Waals surface area (Å²) in [4.78, 5) is 21.0. The highest BCUT2D eigenvalue weighted by molar-refractivity contribution is 5.77. The zero-order valence-corrected chi connectivity index (χ0v) is 8.82. The molecule has 0 aliphatic heterocycles. The minimum Gasteiger partial charge on any atom is -0.480 e. The van der Waals surface area contributed by atoms with E-state index in [1.54, 1.807) is 0 Å². The second-order valence-electron chi connectivity index (χ2n) is 2.85. The van der Waals surface area contributed by atoms with Crippen LogP contribution in [-0.2, 0) is 19.1 Å². The Hall–Kier alpha value is -1.14. The van der Waals surface area contributed by atoms with E-state index in [0.717, 1.165) is 6.42 Å². The maximum atomic E-state index is 11.0. The molecule has 0 aromatic carbocycles. The summed E-state index contributed by atoms with van der Waals surface area (Å²) in [5.74, 6) is -1.24. The average Bonchev–Trinajstić information content (AvgIpc) is 2.17. The highest BCUT2D eigenvalue weighted by Crippen LogP contribution is 1.80. The number of nitrogens with one attached hydrogen (secondary N) is 1. The number of carboxylic acids is 1. The molecule has 0 aromatic heterocycles. The van der Waals surface area contributed by atoms with Crippen molar-refractivity contribution in [2.45, 2.75) is 13.3 Å². The largest absolute Gasteiger partial charge is 0.480 e. The highest BCUT2D eigenvalue weighted by atomic mass is 16.5. The fourth-order valence-electron chi connectivity index (χ4n) is 0.782. The van der Waals surface area contributed by atoms with Gasteiger partial charge in [0.2, 0.25) is 5.91 Å². The van der Waals surface area contributed by atoms with Crippen molar-refractivity contribution >= 4 is 11.9 Å². The number of hydrogen-bond donors (Lipinski definition) is 2. The van der Waals surface area contributed by atoms with Crippen LogP contribution in [0.2, 0.25) is 0 Å². The van der Waals surface area contributed by atoms with E-state index in [2.05, 4.69) is 5.32 Å². The molecule has 1 amide bonds. The molecule has 6 nitrogen and oxygen atoms in total. The lowest BCUT2D eigenvalue weighted by Gasteiger charge is -2.05. The third-order valence-electron chi connectivity index (χ3n) is 1.38. The van der Waals surface area contributed by atoms with E-state index in [0.29, 0.717) is 13.2 Å². The monoisotopic (exact) mass is 219 g/mol. The summed E-state index contributed by atoms with van der Waals surface area (Å²) in [6, 6.07) is 0. The third kappa shape index (κ3) is 10.8. The van der Waals surface area contributed by atoms with Gasteiger partial charge >= 0.3 is 5.97 Å². The predicted octanol–water partition coefficient (Wildman–Crippen LogP) is -0.370. The van der Waals surface area contributed by atoms with Gasteiger partial charge in [0.25, 0.3) is 0 Å². The predicted molar refractivity (Wildman–Crippen MR) is 52.6 cm³/mol. The Balaban J connectivity index is 3.20. The first-order valence-corrected chi connectivity index (χ1v) is 4.80. The first-order valence-electron chi connectivity index (χ1n) is 4.80. The second-order valence-corrected chi connectivity index (χ2v) is 2.85. The molecule has 0 heterocycles. The molecule has 15 heavy (non-hydrogen) atoms. The summed E-state index contributed by atoms with van der Waals surface area (Å²) >= 11 is 0. The molecular formula is C9H17NO5. The van der Waals surface area contributed by atoms with Crippen molar-refractivity contribution in [1.82, 2.24) is 5.32 Å². The first kappa shape index (κ1) is 13.9. The minimum atomic E-state index is -1.02. The number of ether oxygens (including phenoxy) is 2. The van der Waals surface area contributed by atoms with Crippen molar-refractivity contribution in [3.8, 4) is 0 Å². The SMILES string of the molecule is CCCOCC(=O)NCCOCC(=O)O. The second kappa shape index (κ2) is 9.42. The van der Waals surface area contributed by atoms with Gasteiger partial charge in [0.1, 0.15) is 13.2 Å². The van der Waals surface area contributed by atoms with Crippen molar-refractivity contribution in [2.75, 3.05) is 33.0 Å². The zero-order valence-electron chi connectivity index (χ0n) is 8.82. The van der Waals surface area contributed by atoms with Gasteiger partial charge in [-0.1, -0.05) is 6.92 Å². The minimum absolute atomic E-state index is 0.0345. The van der Waals surface area contributed by atoms with Gasteiger partial charge in [-0.15, -0.1) is 0 Å². The summed E-state index contributed by atoms with van der Waals surface area (Å²) < 4.78 is 9.71. The fraction of sp³-hybridized carbons (Fsp3) is 0.778. The molecule has 0 saturated carbocycles. The van der Waals surface area contributed by atoms with Crippen LogP contribution in [0.4, 0.5) is 0 Å². The third-order valence-corrected chi connectivity index (χ3v) is 1.38. The van der Waals surface area contributed by atoms with E-state index in [1.165, 1.54) is 0 Å². The van der Waals surface area contributed by atoms with Gasteiger partial charge in [-0.05, 0) is 6.42 Å². The molecule has 6 heteroatoms. The average molecular weight is 219 g/mol. The van der Waals surface area contributed by atoms with E-state index in [9.17, 15) is 9.59 Å². The molecular weight excluding hydrogens is 202 g/mol. The summed E-state index contributed by atoms with van der Waals surface area (Å²) in [5, 5.41) is 10.8. The highest BCUT2D eigenvalue weighted by Gasteiger charge is 2.00. The Morgan fingerprint density at radius 1 is 1.20 bits per heavy atom. The Morgan fingerprint density at radius 2 is 1.87 bits per heavy atom. The zero-order chi connectivity index (χ0) is 11.5. The van der Waals surface area contributed by atoms with Gasteiger partial charge in [0.05, 0.1) is 6.61 Å². The van der Waals surface area contributed by atoms with Crippen LogP contribution in [0.25, 0.3) is 0 Å². The number of carboxylic acid groups (broad SMARTS) is 1. The lowest BCUT2D eigenvalue weighted by atomic mass is 10.5. The molecule has 0 fully saturated rings. The summed E-state index contributed by atoms with van der Waals surface area (Å²) in [7, 11) is 0. The summed E-state index contributed by atoms with van der Waals surface area (Å²) in [5.41, 5.74) is 0. The van der Waals surface area contributed by atoms with Gasteiger partial charge in [-0.25, -0.2) is 4.79 Å². The lowest BCUT2D eigenvalue weighted by Crippen LogP contribution is -2.31. The normalized spacial score (nSPS) is 9.93. The van der Waals surface area contributed by atoms with Crippen molar-refractivity contribution in [3.05, 3.63) is 0 Å². The number of aliphatic carboxylic acids is 1. The van der Waals surface area contributed by atoms with Crippen LogP contribution in [0, 0.1) is 0 Å². The van der Waals surface area contributed by atoms with Crippen LogP contribution in [-0.4, -0.2) is 50.0 Å². The van der Waals surface area contributed by atoms with Crippen LogP contribution >= 0.6 is 0 Å². The quantitative estimate of drug-likeness (QED) is 0.517. The van der Waals surface area contributed by atoms with Gasteiger partial charge in [-0.3, -0.25) is 4.79 Å². The Labute approximate surface area is 88.6 Å². The van der Waals surface area contributed by atoms with E-state index >= 15 is 0 Å². The molecule has 0 aliphatic carbocycles. The van der Waals surface area contributed by atoms with E-state index in [-0.39, 0.29) is 25.7 Å². The first-order chi connectivity index (χ1) is 7.16. The lowest BCUT2D eigenvalue weighted by molar-refractivity contribution is -0.142. The number of rotatable bonds is 9. The van der Waals surface area contributed by atoms with E-state index in [4.69, 9.17) is 14.6 Å². The molecule has 88 valence electrons. The van der Waals surface area contributed by atoms with Crippen molar-refractivity contribution in [1.29, 1.82) is 0 Å². The number of carbonyl (C=O) groups excluding carboxylic acids is 1.